The predicted molar refractivity (Wildman–Crippen MR) is 525 cm³/mol. The Balaban J connectivity index is 0.000000120. The van der Waals surface area contributed by atoms with Crippen LogP contribution in [0.15, 0.2) is 127 Å². The van der Waals surface area contributed by atoms with Crippen molar-refractivity contribution in [3.8, 4) is 138 Å². The highest BCUT2D eigenvalue weighted by atomic mass is 16.7. The number of nitrogens with zero attached hydrogens (tertiary/aromatic N) is 1. The summed E-state index contributed by atoms with van der Waals surface area (Å²) in [6.45, 7) is 19.1. The molecule has 2 aliphatic carbocycles. The number of Topliss-reactive ketones (excluding diaryl/α,β-unsaturated/α-hetero) is 1. The summed E-state index contributed by atoms with van der Waals surface area (Å²) in [4.78, 5) is 29.2. The normalized spacial score (nSPS) is 27.2. The van der Waals surface area contributed by atoms with Crippen LogP contribution in [-0.4, -0.2) is 215 Å². The fraction of sp³-hybridized carbons (Fsp3) is 0.495. The number of esters is 1. The number of carbonyl (C=O) groups excluding carboxylic acids is 2. The summed E-state index contributed by atoms with van der Waals surface area (Å²) in [6.07, 6.45) is 5.43. The van der Waals surface area contributed by atoms with Gasteiger partial charge in [-0.2, -0.15) is 0 Å². The first kappa shape index (κ1) is 102. The molecule has 0 bridgehead atoms. The number of likely N-dealkylation sites (tertiary alicyclic amines) is 1. The van der Waals surface area contributed by atoms with E-state index in [0.29, 0.717) is 111 Å². The number of hydrogen-bond donors (Lipinski definition) is 2. The molecule has 9 aromatic carbocycles. The molecule has 18 atom stereocenters. The van der Waals surface area contributed by atoms with E-state index < -0.39 is 53.3 Å². The standard InChI is InChI=1S/C24H29NO6.C24H28O9.C24H26O7.C20H22O5.C19H26O6/c1-14-22(15-9-20(26-2)23(28-4)21(10-15)27-3)16-11-18-19(30-13-29-18)12-17(16)31-24(14)25-7-5-6-8-25;1-7-30-23(25)21-20(13-8-18(26-3)22(28-5)19(9-13)27-4)14-10-16-17(32-12-31-16)11-15(14)33-24(21,2)29-6;1-23(2)10-16(25)22-21(14-6-5-13(27-3)7-17(14)28-4)15-8-19-20(30-12-29-19)9-18(15)31-24(22,26)11-23;1-12-19(13-5-7-14(21-3)8-6-13)15-9-17-18(24-11-23-17)10-16(15)25-20(12,2)22-4;1-10-17(11-5-4-6-13(21-2)18(11)22-3)12-7-15-16(24-9-23-15)8-14(12)25-19(10)20/h9-12,14,22,24H,5-8,13H2,1-4H3;8-11,20-21H,7,12H2,1-6H3;5-9,21-22,26H,10-12H2,1-4H3;5-10,12,19H,11H2,1-4H3;7-8,10-11,13,17-20H,4-6,9H2,1-3H3. The second-order valence-electron chi connectivity index (χ2n) is 39.1. The number of aliphatic hydroxyl groups excluding tert-OH is 1. The van der Waals surface area contributed by atoms with E-state index in [1.807, 2.05) is 119 Å². The Morgan fingerprint density at radius 3 is 1.31 bits per heavy atom. The second-order valence-corrected chi connectivity index (χ2v) is 39.1. The Morgan fingerprint density at radius 2 is 0.848 bits per heavy atom. The molecule has 11 heterocycles. The average Bonchev–Trinajstić information content (AvgIpc) is 1.58. The molecule has 18 unspecified atom stereocenters. The van der Waals surface area contributed by atoms with Gasteiger partial charge in [0.1, 0.15) is 57.7 Å². The lowest BCUT2D eigenvalue weighted by Crippen LogP contribution is -2.58. The number of methoxy groups -OCH3 is 13. The number of aliphatic hydroxyl groups is 2. The van der Waals surface area contributed by atoms with Crippen molar-refractivity contribution in [1.29, 1.82) is 0 Å². The molecule has 3 fully saturated rings. The Labute approximate surface area is 844 Å². The zero-order chi connectivity index (χ0) is 102. The third kappa shape index (κ3) is 19.3. The highest BCUT2D eigenvalue weighted by molar-refractivity contribution is 5.87. The van der Waals surface area contributed by atoms with Crippen molar-refractivity contribution in [2.45, 2.75) is 172 Å². The minimum absolute atomic E-state index is 0.00484. The van der Waals surface area contributed by atoms with Gasteiger partial charge in [0.05, 0.1) is 88.7 Å². The lowest BCUT2D eigenvalue weighted by Gasteiger charge is -2.51. The van der Waals surface area contributed by atoms with E-state index >= 15 is 0 Å². The van der Waals surface area contributed by atoms with Crippen LogP contribution in [0.2, 0.25) is 0 Å². The van der Waals surface area contributed by atoms with Gasteiger partial charge in [-0.25, -0.2) is 0 Å². The third-order valence-corrected chi connectivity index (χ3v) is 30.4. The maximum atomic E-state index is 13.4. The van der Waals surface area contributed by atoms with Crippen molar-refractivity contribution >= 4 is 11.8 Å². The molecule has 0 spiro atoms. The Morgan fingerprint density at radius 1 is 0.414 bits per heavy atom. The number of ketones is 1. The van der Waals surface area contributed by atoms with Gasteiger partial charge in [0.15, 0.2) is 86.7 Å². The van der Waals surface area contributed by atoms with Crippen molar-refractivity contribution in [1.82, 2.24) is 4.90 Å². The molecule has 2 N–H and O–H groups in total. The smallest absolute Gasteiger partial charge is 0.316 e. The van der Waals surface area contributed by atoms with E-state index in [4.69, 9.17) is 137 Å². The highest BCUT2D eigenvalue weighted by Gasteiger charge is 2.61. The maximum Gasteiger partial charge on any atom is 0.316 e. The first-order chi connectivity index (χ1) is 70.0. The number of ether oxygens (including phenoxy) is 29. The summed E-state index contributed by atoms with van der Waals surface area (Å²) < 4.78 is 165. The van der Waals surface area contributed by atoms with Gasteiger partial charge in [-0.15, -0.1) is 0 Å². The van der Waals surface area contributed by atoms with E-state index in [9.17, 15) is 19.8 Å². The zero-order valence-electron chi connectivity index (χ0n) is 85.9. The van der Waals surface area contributed by atoms with Crippen LogP contribution >= 0.6 is 0 Å². The molecule has 0 radical (unpaired) electrons. The summed E-state index contributed by atoms with van der Waals surface area (Å²) in [7, 11) is 21.0. The minimum atomic E-state index is -1.64. The van der Waals surface area contributed by atoms with Crippen LogP contribution in [-0.2, 0) is 33.3 Å². The fourth-order valence-corrected chi connectivity index (χ4v) is 23.3. The van der Waals surface area contributed by atoms with E-state index in [-0.39, 0.29) is 112 Å². The second kappa shape index (κ2) is 42.2. The van der Waals surface area contributed by atoms with Gasteiger partial charge in [-0.3, -0.25) is 14.5 Å². The molecule has 778 valence electrons. The van der Waals surface area contributed by atoms with E-state index in [1.54, 1.807) is 110 Å². The zero-order valence-corrected chi connectivity index (χ0v) is 85.9. The lowest BCUT2D eigenvalue weighted by atomic mass is 9.61. The van der Waals surface area contributed by atoms with Crippen molar-refractivity contribution in [3.05, 3.63) is 177 Å². The van der Waals surface area contributed by atoms with Crippen LogP contribution in [0.25, 0.3) is 0 Å². The first-order valence-corrected chi connectivity index (χ1v) is 49.0. The van der Waals surface area contributed by atoms with Crippen molar-refractivity contribution < 1.29 is 157 Å². The van der Waals surface area contributed by atoms with Gasteiger partial charge in [0.25, 0.3) is 0 Å². The Hall–Kier alpha value is -13.0. The number of fused-ring (bicyclic) bond motifs is 11. The van der Waals surface area contributed by atoms with E-state index in [1.165, 1.54) is 32.6 Å². The molecule has 34 nitrogen and oxygen atoms in total. The van der Waals surface area contributed by atoms with Crippen LogP contribution < -0.4 is 114 Å². The summed E-state index contributed by atoms with van der Waals surface area (Å²) in [6, 6.07) is 40.3. The van der Waals surface area contributed by atoms with Crippen LogP contribution in [0.4, 0.5) is 0 Å². The fourth-order valence-electron chi connectivity index (χ4n) is 23.3. The van der Waals surface area contributed by atoms with Crippen LogP contribution in [0, 0.1) is 40.9 Å². The van der Waals surface area contributed by atoms with Crippen molar-refractivity contribution in [2.24, 2.45) is 40.9 Å². The molecule has 13 aliphatic rings. The maximum absolute atomic E-state index is 13.4. The summed E-state index contributed by atoms with van der Waals surface area (Å²) >= 11 is 0. The van der Waals surface area contributed by atoms with E-state index in [2.05, 4.69) is 36.9 Å². The molecular formula is C111H131NO33. The predicted octanol–water partition coefficient (Wildman–Crippen LogP) is 17.8. The quantitative estimate of drug-likeness (QED) is 0.0631. The number of carbonyl (C=O) groups is 2. The number of hydrogen-bond acceptors (Lipinski definition) is 34. The number of rotatable bonds is 21. The van der Waals surface area contributed by atoms with Crippen LogP contribution in [0.1, 0.15) is 180 Å². The molecular weight excluding hydrogens is 1880 g/mol. The Kier molecular flexibility index (Phi) is 29.7. The topological polar surface area (TPSA) is 346 Å². The molecule has 1 saturated heterocycles. The average molecular weight is 2010 g/mol. The monoisotopic (exact) mass is 2010 g/mol. The van der Waals surface area contributed by atoms with E-state index in [0.717, 1.165) is 117 Å². The molecule has 22 rings (SSSR count). The molecule has 9 aromatic rings. The summed E-state index contributed by atoms with van der Waals surface area (Å²) in [5.74, 6) is 9.19. The first-order valence-electron chi connectivity index (χ1n) is 49.0. The van der Waals surface area contributed by atoms with Crippen LogP contribution in [0.5, 0.6) is 138 Å². The van der Waals surface area contributed by atoms with Gasteiger partial charge < -0.3 is 148 Å². The molecule has 34 heteroatoms. The lowest BCUT2D eigenvalue weighted by molar-refractivity contribution is -0.222. The molecule has 0 amide bonds. The molecule has 2 saturated carbocycles. The molecule has 0 aromatic heterocycles. The highest BCUT2D eigenvalue weighted by Crippen LogP contribution is 2.63. The van der Waals surface area contributed by atoms with Gasteiger partial charge in [0, 0.05) is 185 Å². The van der Waals surface area contributed by atoms with Crippen molar-refractivity contribution in [2.75, 3.05) is 146 Å². The summed E-state index contributed by atoms with van der Waals surface area (Å²) in [5, 5.41) is 22.2. The minimum Gasteiger partial charge on any atom is -0.497 e. The SMILES string of the molecule is CCOC(=O)C1C(c2cc(OC)c(OC)c(OC)c2)c2cc3c(cc2OC1(C)OC)OCO3.COC1CCCC(C2c3cc4c(cc3OC(O)C2C)OCO4)C1OC.COc1cc(C2c3cc4c(cc3OC(N3CCCC3)C2C)OCO4)cc(OC)c1OC.COc1ccc(C2c3cc4c(cc3OC(C)(OC)C2C)OCO4)cc1.COc1ccc(C2c3cc4c(cc3OC3(O)CC(C)(C)CC(=O)C23)OCO4)c(OC)c1. The van der Waals surface area contributed by atoms with Gasteiger partial charge >= 0.3 is 5.97 Å². The van der Waals surface area contributed by atoms with Crippen molar-refractivity contribution in [3.63, 3.8) is 0 Å². The van der Waals surface area contributed by atoms with Gasteiger partial charge in [0.2, 0.25) is 69.1 Å². The largest absolute Gasteiger partial charge is 0.497 e. The third-order valence-electron chi connectivity index (χ3n) is 30.4. The molecule has 145 heavy (non-hydrogen) atoms. The Bertz CT molecular complexity index is 6150. The number of benzene rings is 9. The van der Waals surface area contributed by atoms with Gasteiger partial charge in [-0.05, 0) is 133 Å². The van der Waals surface area contributed by atoms with Crippen LogP contribution in [0.3, 0.4) is 0 Å². The van der Waals surface area contributed by atoms with Gasteiger partial charge in [-0.1, -0.05) is 59.2 Å². The summed E-state index contributed by atoms with van der Waals surface area (Å²) in [5.41, 5.74) is 8.11. The molecule has 11 aliphatic heterocycles.